The van der Waals surface area contributed by atoms with Gasteiger partial charge in [0.15, 0.2) is 17.5 Å². The number of aromatic nitrogens is 4. The largest absolute Gasteiger partial charge is 0.455 e. The van der Waals surface area contributed by atoms with Gasteiger partial charge >= 0.3 is 0 Å². The molecule has 13 rings (SSSR count). The van der Waals surface area contributed by atoms with Gasteiger partial charge in [-0.3, -0.25) is 0 Å². The molecule has 5 nitrogen and oxygen atoms in total. The molecule has 0 saturated carbocycles. The van der Waals surface area contributed by atoms with Crippen LogP contribution in [0.25, 0.3) is 127 Å². The van der Waals surface area contributed by atoms with Crippen molar-refractivity contribution in [1.82, 2.24) is 19.5 Å². The Morgan fingerprint density at radius 2 is 0.903 bits per heavy atom. The number of rotatable bonds is 5. The van der Waals surface area contributed by atoms with E-state index in [1.54, 1.807) is 0 Å². The first kappa shape index (κ1) is 29.7. The molecule has 5 heteroatoms. The van der Waals surface area contributed by atoms with Gasteiger partial charge in [0.1, 0.15) is 11.2 Å². The number of fused-ring (bicyclic) bond motifs is 12. The van der Waals surface area contributed by atoms with Crippen molar-refractivity contribution in [2.75, 3.05) is 0 Å². The lowest BCUT2D eigenvalue weighted by Crippen LogP contribution is -2.01. The quantitative estimate of drug-likeness (QED) is 0.163. The molecule has 0 aliphatic heterocycles. The van der Waals surface area contributed by atoms with E-state index in [0.29, 0.717) is 22.3 Å². The first-order valence-electron chi connectivity index (χ1n) is 23.0. The maximum absolute atomic E-state index is 9.08. The molecule has 0 radical (unpaired) electrons. The first-order valence-corrected chi connectivity index (χ1v) is 20.5. The summed E-state index contributed by atoms with van der Waals surface area (Å²) in [4.78, 5) is 15.3. The summed E-state index contributed by atoms with van der Waals surface area (Å²) < 4.78 is 53.0. The third kappa shape index (κ3) is 5.32. The zero-order valence-corrected chi connectivity index (χ0v) is 32.9. The molecule has 0 bridgehead atoms. The molecule has 0 aliphatic carbocycles. The molecule has 3 heterocycles. The lowest BCUT2D eigenvalue weighted by Gasteiger charge is -2.14. The van der Waals surface area contributed by atoms with Crippen molar-refractivity contribution in [2.45, 2.75) is 0 Å². The molecule has 0 saturated heterocycles. The normalized spacial score (nSPS) is 13.0. The Morgan fingerprint density at radius 1 is 0.371 bits per heavy atom. The molecule has 0 spiro atoms. The number of hydrogen-bond acceptors (Lipinski definition) is 4. The second kappa shape index (κ2) is 13.6. The Morgan fingerprint density at radius 3 is 1.58 bits per heavy atom. The molecule has 288 valence electrons. The molecular formula is C57H34N4O. The first-order chi connectivity index (χ1) is 32.8. The fourth-order valence-corrected chi connectivity index (χ4v) is 9.31. The van der Waals surface area contributed by atoms with Crippen molar-refractivity contribution in [3.8, 4) is 51.0 Å². The second-order valence-corrected chi connectivity index (χ2v) is 15.6. The molecule has 13 aromatic rings. The van der Waals surface area contributed by atoms with Crippen LogP contribution in [-0.4, -0.2) is 19.5 Å². The van der Waals surface area contributed by atoms with Crippen LogP contribution in [0.15, 0.2) is 211 Å². The van der Waals surface area contributed by atoms with Crippen molar-refractivity contribution < 1.29 is 11.3 Å². The van der Waals surface area contributed by atoms with Crippen LogP contribution >= 0.6 is 0 Å². The number of furan rings is 1. The van der Waals surface area contributed by atoms with Crippen molar-refractivity contribution in [2.24, 2.45) is 0 Å². The zero-order valence-electron chi connectivity index (χ0n) is 37.9. The van der Waals surface area contributed by atoms with Crippen LogP contribution in [0.1, 0.15) is 6.85 Å². The minimum atomic E-state index is -0.500. The predicted molar refractivity (Wildman–Crippen MR) is 256 cm³/mol. The third-order valence-corrected chi connectivity index (χ3v) is 12.1. The van der Waals surface area contributed by atoms with Gasteiger partial charge in [-0.1, -0.05) is 164 Å². The summed E-state index contributed by atoms with van der Waals surface area (Å²) in [6, 6.07) is 57.8. The molecular weight excluding hydrogens is 757 g/mol. The van der Waals surface area contributed by atoms with E-state index in [-0.39, 0.29) is 23.0 Å². The lowest BCUT2D eigenvalue weighted by molar-refractivity contribution is 0.669. The standard InChI is InChI=1S/C57H34N4O/c1-3-15-35(16-4-1)37-27-30-47-49-33-39(61-51-25-13-11-23-45(51)46-24-12-14-26-52(46)61)34-50(54(49)62-53(47)32-37)57-59-55(36-17-5-2-6-18-36)58-56(60-57)38-28-29-44-42-21-8-7-19-40(42)41-20-9-10-22-43(41)48(44)31-38/h1-34H/i2D,5D,6D,17D,18D. The number of nitrogens with zero attached hydrogens (tertiary/aromatic N) is 4. The Kier molecular flexibility index (Phi) is 6.51. The summed E-state index contributed by atoms with van der Waals surface area (Å²) in [6.45, 7) is 0. The summed E-state index contributed by atoms with van der Waals surface area (Å²) in [7, 11) is 0. The average Bonchev–Trinajstić information content (AvgIpc) is 3.93. The minimum Gasteiger partial charge on any atom is -0.455 e. The Bertz CT molecular complexity index is 4120. The molecule has 0 N–H and O–H groups in total. The molecule has 0 unspecified atom stereocenters. The van der Waals surface area contributed by atoms with Crippen LogP contribution in [-0.2, 0) is 0 Å². The zero-order chi connectivity index (χ0) is 45.1. The highest BCUT2D eigenvalue weighted by Gasteiger charge is 2.22. The average molecular weight is 796 g/mol. The van der Waals surface area contributed by atoms with Gasteiger partial charge in [0, 0.05) is 38.4 Å². The van der Waals surface area contributed by atoms with E-state index >= 15 is 0 Å². The lowest BCUT2D eigenvalue weighted by atomic mass is 9.93. The predicted octanol–water partition coefficient (Wildman–Crippen LogP) is 15.0. The number of benzene rings is 10. The second-order valence-electron chi connectivity index (χ2n) is 15.6. The third-order valence-electron chi connectivity index (χ3n) is 12.1. The van der Waals surface area contributed by atoms with E-state index in [2.05, 4.69) is 108 Å². The topological polar surface area (TPSA) is 56.7 Å². The maximum atomic E-state index is 9.08. The Hall–Kier alpha value is -8.41. The van der Waals surface area contributed by atoms with E-state index in [1.165, 1.54) is 0 Å². The Balaban J connectivity index is 1.14. The van der Waals surface area contributed by atoms with Gasteiger partial charge < -0.3 is 8.98 Å². The highest BCUT2D eigenvalue weighted by molar-refractivity contribution is 6.25. The van der Waals surface area contributed by atoms with Crippen LogP contribution < -0.4 is 0 Å². The van der Waals surface area contributed by atoms with E-state index in [4.69, 9.17) is 26.2 Å². The van der Waals surface area contributed by atoms with Gasteiger partial charge in [-0.15, -0.1) is 0 Å². The van der Waals surface area contributed by atoms with Crippen LogP contribution in [0, 0.1) is 0 Å². The fourth-order valence-electron chi connectivity index (χ4n) is 9.31. The van der Waals surface area contributed by atoms with Crippen LogP contribution in [0.4, 0.5) is 0 Å². The van der Waals surface area contributed by atoms with Gasteiger partial charge in [-0.25, -0.2) is 15.0 Å². The molecule has 0 amide bonds. The molecule has 0 fully saturated rings. The summed E-state index contributed by atoms with van der Waals surface area (Å²) in [5.74, 6) is 0.424. The van der Waals surface area contributed by atoms with Crippen LogP contribution in [0.5, 0.6) is 0 Å². The Labute approximate surface area is 362 Å². The van der Waals surface area contributed by atoms with E-state index in [0.717, 1.165) is 81.7 Å². The minimum absolute atomic E-state index is 0.0571. The van der Waals surface area contributed by atoms with Gasteiger partial charge in [0.25, 0.3) is 0 Å². The van der Waals surface area contributed by atoms with E-state index in [9.17, 15) is 0 Å². The van der Waals surface area contributed by atoms with Crippen molar-refractivity contribution in [1.29, 1.82) is 0 Å². The summed E-state index contributed by atoms with van der Waals surface area (Å²) in [6.07, 6.45) is 0. The molecule has 3 aromatic heterocycles. The highest BCUT2D eigenvalue weighted by Crippen LogP contribution is 2.42. The van der Waals surface area contributed by atoms with Gasteiger partial charge in [-0.2, -0.15) is 0 Å². The smallest absolute Gasteiger partial charge is 0.167 e. The van der Waals surface area contributed by atoms with E-state index < -0.39 is 30.2 Å². The van der Waals surface area contributed by atoms with Gasteiger partial charge in [-0.05, 0) is 85.9 Å². The van der Waals surface area contributed by atoms with Gasteiger partial charge in [0.05, 0.1) is 23.5 Å². The fraction of sp³-hybridized carbons (Fsp3) is 0. The summed E-state index contributed by atoms with van der Waals surface area (Å²) >= 11 is 0. The van der Waals surface area contributed by atoms with Crippen LogP contribution in [0.3, 0.4) is 0 Å². The number of para-hydroxylation sites is 2. The number of hydrogen-bond donors (Lipinski definition) is 0. The SMILES string of the molecule is [2H]c1c([2H])c([2H])c(-c2nc(-c3ccc4c5ccccc5c5ccccc5c4c3)nc(-c3cc(-n4c5ccccc5c5ccccc54)cc4c3oc3cc(-c5ccccc5)ccc34)n2)c([2H])c1[2H]. The maximum Gasteiger partial charge on any atom is 0.167 e. The molecule has 0 atom stereocenters. The van der Waals surface area contributed by atoms with E-state index in [1.807, 2.05) is 72.8 Å². The highest BCUT2D eigenvalue weighted by atomic mass is 16.3. The van der Waals surface area contributed by atoms with Crippen molar-refractivity contribution >= 4 is 76.1 Å². The molecule has 10 aromatic carbocycles. The molecule has 0 aliphatic rings. The molecule has 62 heavy (non-hydrogen) atoms. The van der Waals surface area contributed by atoms with Crippen molar-refractivity contribution in [3.63, 3.8) is 0 Å². The van der Waals surface area contributed by atoms with Crippen molar-refractivity contribution in [3.05, 3.63) is 206 Å². The van der Waals surface area contributed by atoms with Crippen LogP contribution in [0.2, 0.25) is 0 Å². The summed E-state index contributed by atoms with van der Waals surface area (Å²) in [5, 5.41) is 10.4. The van der Waals surface area contributed by atoms with Gasteiger partial charge in [0.2, 0.25) is 0 Å². The summed E-state index contributed by atoms with van der Waals surface area (Å²) in [5.41, 5.74) is 7.20. The monoisotopic (exact) mass is 795 g/mol.